The van der Waals surface area contributed by atoms with E-state index in [4.69, 9.17) is 0 Å². The molecule has 0 spiro atoms. The van der Waals surface area contributed by atoms with Crippen molar-refractivity contribution in [2.45, 2.75) is 38.6 Å². The molecule has 0 atom stereocenters. The topological polar surface area (TPSA) is 3.24 Å². The Morgan fingerprint density at radius 1 is 1.36 bits per heavy atom. The summed E-state index contributed by atoms with van der Waals surface area (Å²) < 4.78 is 0. The van der Waals surface area contributed by atoms with E-state index >= 15 is 0 Å². The minimum absolute atomic E-state index is 0.940. The van der Waals surface area contributed by atoms with Crippen LogP contribution in [0, 0.1) is 0 Å². The van der Waals surface area contributed by atoms with Crippen molar-refractivity contribution in [1.82, 2.24) is 4.90 Å². The van der Waals surface area contributed by atoms with Gasteiger partial charge in [-0.3, -0.25) is 0 Å². The van der Waals surface area contributed by atoms with Crippen LogP contribution in [0.2, 0.25) is 0 Å². The van der Waals surface area contributed by atoms with Gasteiger partial charge in [-0.25, -0.2) is 0 Å². The molecule has 0 unspecified atom stereocenters. The quantitative estimate of drug-likeness (QED) is 0.603. The molecule has 0 saturated heterocycles. The van der Waals surface area contributed by atoms with Crippen molar-refractivity contribution in [2.75, 3.05) is 18.8 Å². The molecule has 0 heterocycles. The van der Waals surface area contributed by atoms with Crippen LogP contribution in [0.3, 0.4) is 0 Å². The van der Waals surface area contributed by atoms with E-state index in [2.05, 4.69) is 24.5 Å². The Kier molecular flexibility index (Phi) is 4.31. The van der Waals surface area contributed by atoms with E-state index in [-0.39, 0.29) is 0 Å². The third kappa shape index (κ3) is 3.48. The highest BCUT2D eigenvalue weighted by atomic mass is 32.1. The molecule has 66 valence electrons. The highest BCUT2D eigenvalue weighted by molar-refractivity contribution is 7.80. The average molecular weight is 173 g/mol. The molecule has 0 radical (unpaired) electrons. The normalized spacial score (nSPS) is 17.7. The van der Waals surface area contributed by atoms with Gasteiger partial charge in [-0.15, -0.1) is 0 Å². The Labute approximate surface area is 75.6 Å². The van der Waals surface area contributed by atoms with Crippen molar-refractivity contribution in [2.24, 2.45) is 0 Å². The number of rotatable bonds is 6. The summed E-state index contributed by atoms with van der Waals surface area (Å²) in [5.41, 5.74) is 0. The Morgan fingerprint density at radius 2 is 2.09 bits per heavy atom. The summed E-state index contributed by atoms with van der Waals surface area (Å²) in [6.45, 7) is 4.82. The molecule has 1 aliphatic rings. The third-order valence-electron chi connectivity index (χ3n) is 2.18. The van der Waals surface area contributed by atoms with Gasteiger partial charge in [0.2, 0.25) is 0 Å². The van der Waals surface area contributed by atoms with Crippen LogP contribution in [-0.4, -0.2) is 29.8 Å². The van der Waals surface area contributed by atoms with Crippen LogP contribution in [0.5, 0.6) is 0 Å². The summed E-state index contributed by atoms with van der Waals surface area (Å²) >= 11 is 4.23. The number of thiol groups is 1. The van der Waals surface area contributed by atoms with Gasteiger partial charge in [0.05, 0.1) is 0 Å². The lowest BCUT2D eigenvalue weighted by atomic mass is 10.3. The largest absolute Gasteiger partial charge is 0.300 e. The zero-order valence-corrected chi connectivity index (χ0v) is 8.32. The maximum Gasteiger partial charge on any atom is 0.00964 e. The SMILES string of the molecule is CCCN(CCCS)C1CC1. The average Bonchev–Trinajstić information content (AvgIpc) is 2.80. The molecule has 0 amide bonds. The van der Waals surface area contributed by atoms with Crippen LogP contribution in [0.4, 0.5) is 0 Å². The minimum atomic E-state index is 0.940. The monoisotopic (exact) mass is 173 g/mol. The Balaban J connectivity index is 2.10. The van der Waals surface area contributed by atoms with Gasteiger partial charge in [-0.1, -0.05) is 6.92 Å². The fourth-order valence-electron chi connectivity index (χ4n) is 1.48. The van der Waals surface area contributed by atoms with Gasteiger partial charge in [0.25, 0.3) is 0 Å². The van der Waals surface area contributed by atoms with Gasteiger partial charge < -0.3 is 4.90 Å². The lowest BCUT2D eigenvalue weighted by molar-refractivity contribution is 0.265. The van der Waals surface area contributed by atoms with Gasteiger partial charge in [0, 0.05) is 6.04 Å². The van der Waals surface area contributed by atoms with Gasteiger partial charge in [-0.2, -0.15) is 12.6 Å². The zero-order valence-electron chi connectivity index (χ0n) is 7.42. The third-order valence-corrected chi connectivity index (χ3v) is 2.49. The van der Waals surface area contributed by atoms with Gasteiger partial charge >= 0.3 is 0 Å². The molecule has 0 aliphatic heterocycles. The van der Waals surface area contributed by atoms with Crippen molar-refractivity contribution in [3.8, 4) is 0 Å². The molecule has 0 aromatic heterocycles. The number of nitrogens with zero attached hydrogens (tertiary/aromatic N) is 1. The van der Waals surface area contributed by atoms with Crippen LogP contribution in [-0.2, 0) is 0 Å². The summed E-state index contributed by atoms with van der Waals surface area (Å²) in [6, 6.07) is 0.940. The maximum atomic E-state index is 4.23. The van der Waals surface area contributed by atoms with E-state index < -0.39 is 0 Å². The van der Waals surface area contributed by atoms with Crippen LogP contribution in [0.1, 0.15) is 32.6 Å². The molecule has 0 N–H and O–H groups in total. The molecular weight excluding hydrogens is 154 g/mol. The molecule has 1 saturated carbocycles. The van der Waals surface area contributed by atoms with Crippen molar-refractivity contribution < 1.29 is 0 Å². The molecule has 0 aromatic rings. The van der Waals surface area contributed by atoms with Crippen LogP contribution < -0.4 is 0 Å². The molecular formula is C9H19NS. The van der Waals surface area contributed by atoms with E-state index in [0.29, 0.717) is 0 Å². The fourth-order valence-corrected chi connectivity index (χ4v) is 1.62. The highest BCUT2D eigenvalue weighted by Crippen LogP contribution is 2.26. The Morgan fingerprint density at radius 3 is 2.55 bits per heavy atom. The second-order valence-electron chi connectivity index (χ2n) is 3.34. The summed E-state index contributed by atoms with van der Waals surface area (Å²) in [5.74, 6) is 1.03. The zero-order chi connectivity index (χ0) is 8.10. The molecule has 1 aliphatic carbocycles. The van der Waals surface area contributed by atoms with Crippen LogP contribution in [0.15, 0.2) is 0 Å². The standard InChI is InChI=1S/C9H19NS/c1-2-6-10(7-3-8-11)9-4-5-9/h9,11H,2-8H2,1H3. The van der Waals surface area contributed by atoms with E-state index in [1.165, 1.54) is 38.8 Å². The smallest absolute Gasteiger partial charge is 0.00964 e. The summed E-state index contributed by atoms with van der Waals surface area (Å²) in [7, 11) is 0. The van der Waals surface area contributed by atoms with E-state index in [1.54, 1.807) is 0 Å². The first-order valence-corrected chi connectivity index (χ1v) is 5.36. The van der Waals surface area contributed by atoms with Gasteiger partial charge in [0.1, 0.15) is 0 Å². The minimum Gasteiger partial charge on any atom is -0.300 e. The summed E-state index contributed by atoms with van der Waals surface area (Å²) in [4.78, 5) is 2.62. The molecule has 11 heavy (non-hydrogen) atoms. The second kappa shape index (κ2) is 5.04. The molecule has 0 bridgehead atoms. The van der Waals surface area contributed by atoms with Crippen LogP contribution >= 0.6 is 12.6 Å². The van der Waals surface area contributed by atoms with Crippen molar-refractivity contribution in [3.05, 3.63) is 0 Å². The highest BCUT2D eigenvalue weighted by Gasteiger charge is 2.27. The molecule has 2 heteroatoms. The Bertz CT molecular complexity index is 102. The first kappa shape index (κ1) is 9.40. The first-order chi connectivity index (χ1) is 5.38. The predicted molar refractivity (Wildman–Crippen MR) is 53.4 cm³/mol. The van der Waals surface area contributed by atoms with Crippen molar-refractivity contribution in [3.63, 3.8) is 0 Å². The van der Waals surface area contributed by atoms with Gasteiger partial charge in [0.15, 0.2) is 0 Å². The van der Waals surface area contributed by atoms with Crippen LogP contribution in [0.25, 0.3) is 0 Å². The van der Waals surface area contributed by atoms with Crippen molar-refractivity contribution >= 4 is 12.6 Å². The number of hydrogen-bond acceptors (Lipinski definition) is 2. The van der Waals surface area contributed by atoms with E-state index in [9.17, 15) is 0 Å². The van der Waals surface area contributed by atoms with E-state index in [1.807, 2.05) is 0 Å². The van der Waals surface area contributed by atoms with Gasteiger partial charge in [-0.05, 0) is 44.5 Å². The molecule has 1 nitrogen and oxygen atoms in total. The molecule has 0 aromatic carbocycles. The fraction of sp³-hybridized carbons (Fsp3) is 1.00. The van der Waals surface area contributed by atoms with Crippen molar-refractivity contribution in [1.29, 1.82) is 0 Å². The maximum absolute atomic E-state index is 4.23. The lowest BCUT2D eigenvalue weighted by Gasteiger charge is -2.20. The lowest BCUT2D eigenvalue weighted by Crippen LogP contribution is -2.28. The first-order valence-electron chi connectivity index (χ1n) is 4.73. The predicted octanol–water partition coefficient (Wildman–Crippen LogP) is 2.18. The summed E-state index contributed by atoms with van der Waals surface area (Å²) in [5, 5.41) is 0. The molecule has 1 rings (SSSR count). The number of hydrogen-bond donors (Lipinski definition) is 1. The Hall–Kier alpha value is 0.310. The van der Waals surface area contributed by atoms with E-state index in [0.717, 1.165) is 11.8 Å². The second-order valence-corrected chi connectivity index (χ2v) is 3.79. The summed E-state index contributed by atoms with van der Waals surface area (Å²) in [6.07, 6.45) is 5.42. The molecule has 1 fully saturated rings.